The van der Waals surface area contributed by atoms with Crippen LogP contribution in [0.4, 0.5) is 5.69 Å². The minimum atomic E-state index is 0.440. The molecule has 17 heavy (non-hydrogen) atoms. The van der Waals surface area contributed by atoms with Crippen molar-refractivity contribution in [2.24, 2.45) is 5.73 Å². The number of hydrogen-bond donors (Lipinski definition) is 1. The van der Waals surface area contributed by atoms with Crippen LogP contribution in [0.15, 0.2) is 24.3 Å². The number of nitrogens with zero attached hydrogens (tertiary/aromatic N) is 2. The highest BCUT2D eigenvalue weighted by Gasteiger charge is 2.23. The Labute approximate surface area is 103 Å². The van der Waals surface area contributed by atoms with Crippen LogP contribution in [0.3, 0.4) is 0 Å². The van der Waals surface area contributed by atoms with Gasteiger partial charge in [-0.25, -0.2) is 0 Å². The number of benzene rings is 1. The molecular weight excluding hydrogens is 214 g/mol. The summed E-state index contributed by atoms with van der Waals surface area (Å²) >= 11 is 0. The van der Waals surface area contributed by atoms with Crippen molar-refractivity contribution in [1.82, 2.24) is 4.90 Å². The van der Waals surface area contributed by atoms with E-state index in [1.165, 1.54) is 5.69 Å². The predicted octanol–water partition coefficient (Wildman–Crippen LogP) is 0.774. The second-order valence-electron chi connectivity index (χ2n) is 4.52. The molecule has 2 rings (SSSR count). The topological polar surface area (TPSA) is 41.7 Å². The number of anilines is 1. The van der Waals surface area contributed by atoms with Gasteiger partial charge < -0.3 is 15.4 Å². The molecule has 1 heterocycles. The van der Waals surface area contributed by atoms with Crippen LogP contribution in [0.5, 0.6) is 5.75 Å². The van der Waals surface area contributed by atoms with Crippen LogP contribution < -0.4 is 15.4 Å². The number of piperazine rings is 1. The van der Waals surface area contributed by atoms with Crippen molar-refractivity contribution in [1.29, 1.82) is 0 Å². The lowest BCUT2D eigenvalue weighted by molar-refractivity contribution is 0.224. The zero-order chi connectivity index (χ0) is 12.3. The average molecular weight is 235 g/mol. The van der Waals surface area contributed by atoms with Gasteiger partial charge in [-0.05, 0) is 19.2 Å². The summed E-state index contributed by atoms with van der Waals surface area (Å²) in [6, 6.07) is 8.65. The van der Waals surface area contributed by atoms with Crippen LogP contribution in [0.2, 0.25) is 0 Å². The molecule has 0 aromatic heterocycles. The lowest BCUT2D eigenvalue weighted by atomic mass is 10.1. The van der Waals surface area contributed by atoms with Gasteiger partial charge in [0.25, 0.3) is 0 Å². The van der Waals surface area contributed by atoms with Gasteiger partial charge in [-0.3, -0.25) is 4.90 Å². The van der Waals surface area contributed by atoms with Crippen molar-refractivity contribution in [2.45, 2.75) is 6.04 Å². The first kappa shape index (κ1) is 12.2. The number of hydrogen-bond acceptors (Lipinski definition) is 4. The molecule has 1 aliphatic rings. The lowest BCUT2D eigenvalue weighted by Gasteiger charge is -2.40. The number of ether oxygens (including phenoxy) is 1. The fourth-order valence-electron chi connectivity index (χ4n) is 2.24. The molecule has 1 aromatic rings. The monoisotopic (exact) mass is 235 g/mol. The number of likely N-dealkylation sites (N-methyl/N-ethyl adjacent to an activating group) is 1. The molecule has 2 N–H and O–H groups in total. The summed E-state index contributed by atoms with van der Waals surface area (Å²) in [4.78, 5) is 4.71. The van der Waals surface area contributed by atoms with E-state index >= 15 is 0 Å². The van der Waals surface area contributed by atoms with Crippen LogP contribution in [0, 0.1) is 0 Å². The maximum absolute atomic E-state index is 5.80. The van der Waals surface area contributed by atoms with Crippen LogP contribution in [-0.2, 0) is 0 Å². The number of nitrogens with two attached hydrogens (primary N) is 1. The Morgan fingerprint density at radius 1 is 1.41 bits per heavy atom. The van der Waals surface area contributed by atoms with Gasteiger partial charge in [0.2, 0.25) is 0 Å². The molecule has 4 heteroatoms. The molecule has 0 aliphatic carbocycles. The Morgan fingerprint density at radius 3 is 2.94 bits per heavy atom. The van der Waals surface area contributed by atoms with Crippen molar-refractivity contribution in [3.05, 3.63) is 24.3 Å². The summed E-state index contributed by atoms with van der Waals surface area (Å²) in [7, 11) is 3.84. The highest BCUT2D eigenvalue weighted by Crippen LogP contribution is 2.23. The van der Waals surface area contributed by atoms with E-state index in [0.717, 1.165) is 25.4 Å². The smallest absolute Gasteiger partial charge is 0.120 e. The molecule has 4 nitrogen and oxygen atoms in total. The van der Waals surface area contributed by atoms with Gasteiger partial charge >= 0.3 is 0 Å². The largest absolute Gasteiger partial charge is 0.497 e. The number of methoxy groups -OCH3 is 1. The van der Waals surface area contributed by atoms with E-state index in [1.54, 1.807) is 7.11 Å². The summed E-state index contributed by atoms with van der Waals surface area (Å²) in [5.41, 5.74) is 7.02. The van der Waals surface area contributed by atoms with Gasteiger partial charge in [-0.2, -0.15) is 0 Å². The van der Waals surface area contributed by atoms with Crippen LogP contribution >= 0.6 is 0 Å². The summed E-state index contributed by atoms with van der Waals surface area (Å²) in [6.07, 6.45) is 0. The molecular formula is C13H21N3O. The highest BCUT2D eigenvalue weighted by atomic mass is 16.5. The number of rotatable bonds is 3. The fourth-order valence-corrected chi connectivity index (χ4v) is 2.24. The SMILES string of the molecule is COc1cccc(N2CCN(C)C(CN)C2)c1. The van der Waals surface area contributed by atoms with E-state index in [9.17, 15) is 0 Å². The Balaban J connectivity index is 2.11. The third kappa shape index (κ3) is 2.70. The highest BCUT2D eigenvalue weighted by molar-refractivity contribution is 5.51. The lowest BCUT2D eigenvalue weighted by Crippen LogP contribution is -2.54. The first-order chi connectivity index (χ1) is 8.24. The van der Waals surface area contributed by atoms with E-state index < -0.39 is 0 Å². The van der Waals surface area contributed by atoms with Gasteiger partial charge in [0.1, 0.15) is 5.75 Å². The Hall–Kier alpha value is -1.26. The van der Waals surface area contributed by atoms with Crippen molar-refractivity contribution < 1.29 is 4.74 Å². The first-order valence-corrected chi connectivity index (χ1v) is 6.04. The molecule has 1 fully saturated rings. The normalized spacial score (nSPS) is 21.6. The quantitative estimate of drug-likeness (QED) is 0.840. The molecule has 1 aliphatic heterocycles. The molecule has 1 unspecified atom stereocenters. The van der Waals surface area contributed by atoms with Crippen molar-refractivity contribution >= 4 is 5.69 Å². The van der Waals surface area contributed by atoms with E-state index in [0.29, 0.717) is 12.6 Å². The summed E-state index contributed by atoms with van der Waals surface area (Å²) in [5, 5.41) is 0. The summed E-state index contributed by atoms with van der Waals surface area (Å²) in [6.45, 7) is 3.79. The first-order valence-electron chi connectivity index (χ1n) is 6.04. The second-order valence-corrected chi connectivity index (χ2v) is 4.52. The van der Waals surface area contributed by atoms with Gasteiger partial charge in [0.15, 0.2) is 0 Å². The summed E-state index contributed by atoms with van der Waals surface area (Å²) in [5.74, 6) is 0.908. The molecule has 94 valence electrons. The van der Waals surface area contributed by atoms with Crippen molar-refractivity contribution in [3.63, 3.8) is 0 Å². The standard InChI is InChI=1S/C13H21N3O/c1-15-6-7-16(10-12(15)9-14)11-4-3-5-13(8-11)17-2/h3-5,8,12H,6-7,9-10,14H2,1-2H3. The molecule has 0 saturated carbocycles. The molecule has 0 spiro atoms. The molecule has 0 bridgehead atoms. The van der Waals surface area contributed by atoms with Crippen molar-refractivity contribution in [3.8, 4) is 5.75 Å². The Kier molecular flexibility index (Phi) is 3.86. The molecule has 1 saturated heterocycles. The molecule has 1 aromatic carbocycles. The maximum atomic E-state index is 5.80. The van der Waals surface area contributed by atoms with Gasteiger partial charge in [0.05, 0.1) is 7.11 Å². The van der Waals surface area contributed by atoms with Gasteiger partial charge in [0, 0.05) is 44.0 Å². The third-order valence-electron chi connectivity index (χ3n) is 3.47. The maximum Gasteiger partial charge on any atom is 0.120 e. The van der Waals surface area contributed by atoms with Gasteiger partial charge in [-0.15, -0.1) is 0 Å². The third-order valence-corrected chi connectivity index (χ3v) is 3.47. The Morgan fingerprint density at radius 2 is 2.24 bits per heavy atom. The zero-order valence-corrected chi connectivity index (χ0v) is 10.6. The molecule has 0 amide bonds. The zero-order valence-electron chi connectivity index (χ0n) is 10.6. The van der Waals surface area contributed by atoms with Gasteiger partial charge in [-0.1, -0.05) is 6.07 Å². The molecule has 1 atom stereocenters. The minimum Gasteiger partial charge on any atom is -0.497 e. The predicted molar refractivity (Wildman–Crippen MR) is 70.7 cm³/mol. The Bertz CT molecular complexity index is 369. The van der Waals surface area contributed by atoms with E-state index in [4.69, 9.17) is 10.5 Å². The van der Waals surface area contributed by atoms with E-state index in [1.807, 2.05) is 12.1 Å². The van der Waals surface area contributed by atoms with Crippen LogP contribution in [-0.4, -0.2) is 51.3 Å². The minimum absolute atomic E-state index is 0.440. The van der Waals surface area contributed by atoms with E-state index in [2.05, 4.69) is 29.0 Å². The summed E-state index contributed by atoms with van der Waals surface area (Å²) < 4.78 is 5.26. The average Bonchev–Trinajstić information content (AvgIpc) is 2.39. The second kappa shape index (κ2) is 5.38. The molecule has 0 radical (unpaired) electrons. The van der Waals surface area contributed by atoms with Crippen molar-refractivity contribution in [2.75, 3.05) is 45.2 Å². The van der Waals surface area contributed by atoms with Crippen LogP contribution in [0.25, 0.3) is 0 Å². The van der Waals surface area contributed by atoms with Crippen LogP contribution in [0.1, 0.15) is 0 Å². The fraction of sp³-hybridized carbons (Fsp3) is 0.538. The van der Waals surface area contributed by atoms with E-state index in [-0.39, 0.29) is 0 Å².